The molecule has 2 aromatic heterocycles. The molecule has 3 nitrogen and oxygen atoms in total. The minimum atomic E-state index is 0.513. The van der Waals surface area contributed by atoms with E-state index in [0.29, 0.717) is 10.0 Å². The molecule has 0 spiro atoms. The molecule has 0 aliphatic heterocycles. The van der Waals surface area contributed by atoms with Crippen molar-refractivity contribution in [3.8, 4) is 0 Å². The van der Waals surface area contributed by atoms with Crippen LogP contribution in [0.25, 0.3) is 32.9 Å². The Morgan fingerprint density at radius 1 is 0.857 bits per heavy atom. The second-order valence-corrected chi connectivity index (χ2v) is 8.11. The Labute approximate surface area is 175 Å². The number of para-hydroxylation sites is 3. The zero-order valence-electron chi connectivity index (χ0n) is 14.5. The highest BCUT2D eigenvalue weighted by Crippen LogP contribution is 2.35. The molecule has 136 valence electrons. The number of hydrogen-bond donors (Lipinski definition) is 1. The smallest absolute Gasteiger partial charge is 0.141 e. The summed E-state index contributed by atoms with van der Waals surface area (Å²) in [4.78, 5) is 13.0. The third-order valence-corrected chi connectivity index (χ3v) is 6.35. The number of fused-ring (bicyclic) bond motifs is 2. The number of thiazole rings is 1. The molecule has 2 heterocycles. The van der Waals surface area contributed by atoms with Gasteiger partial charge in [0.1, 0.15) is 10.8 Å². The average molecular weight is 422 g/mol. The first kappa shape index (κ1) is 17.4. The maximum absolute atomic E-state index is 6.45. The molecular formula is C22H13Cl2N3S. The lowest BCUT2D eigenvalue weighted by atomic mass is 10.1. The molecule has 5 rings (SSSR count). The monoisotopic (exact) mass is 421 g/mol. The lowest BCUT2D eigenvalue weighted by Gasteiger charge is -2.04. The molecule has 0 saturated carbocycles. The van der Waals surface area contributed by atoms with Gasteiger partial charge >= 0.3 is 0 Å². The number of nitrogens with one attached hydrogen (secondary N) is 1. The summed E-state index contributed by atoms with van der Waals surface area (Å²) < 4.78 is 1.12. The van der Waals surface area contributed by atoms with E-state index in [0.717, 1.165) is 43.2 Å². The molecule has 6 heteroatoms. The van der Waals surface area contributed by atoms with Crippen LogP contribution in [0.1, 0.15) is 16.4 Å². The molecule has 0 aliphatic rings. The summed E-state index contributed by atoms with van der Waals surface area (Å²) >= 11 is 14.3. The fraction of sp³-hybridized carbons (Fsp3) is 0. The van der Waals surface area contributed by atoms with E-state index in [1.54, 1.807) is 17.4 Å². The van der Waals surface area contributed by atoms with Crippen LogP contribution in [0.5, 0.6) is 0 Å². The molecule has 1 N–H and O–H groups in total. The van der Waals surface area contributed by atoms with Crippen molar-refractivity contribution < 1.29 is 0 Å². The third-order valence-electron chi connectivity index (χ3n) is 4.45. The Bertz CT molecular complexity index is 1210. The second-order valence-electron chi connectivity index (χ2n) is 6.29. The predicted octanol–water partition coefficient (Wildman–Crippen LogP) is 7.07. The molecule has 0 fully saturated rings. The van der Waals surface area contributed by atoms with E-state index in [-0.39, 0.29) is 0 Å². The van der Waals surface area contributed by atoms with Gasteiger partial charge in [-0.15, -0.1) is 11.3 Å². The number of rotatable bonds is 3. The van der Waals surface area contributed by atoms with Gasteiger partial charge in [-0.2, -0.15) is 0 Å². The SMILES string of the molecule is Clc1cccc(/C=C(/c2nc3ccccc3[nH]2)c2nc3ccccc3s2)c1Cl. The molecule has 0 amide bonds. The van der Waals surface area contributed by atoms with Crippen molar-refractivity contribution in [1.29, 1.82) is 0 Å². The highest BCUT2D eigenvalue weighted by Gasteiger charge is 2.16. The fourth-order valence-corrected chi connectivity index (χ4v) is 4.43. The molecule has 0 atom stereocenters. The summed E-state index contributed by atoms with van der Waals surface area (Å²) in [5.74, 6) is 0.747. The number of aromatic nitrogens is 3. The standard InChI is InChI=1S/C22H13Cl2N3S/c23-15-7-5-6-13(20(15)24)12-14(21-25-16-8-1-2-9-17(16)26-21)22-27-18-10-3-4-11-19(18)28-22/h1-12H,(H,25,26)/b14-12-. The van der Waals surface area contributed by atoms with Crippen molar-refractivity contribution in [1.82, 2.24) is 15.0 Å². The minimum absolute atomic E-state index is 0.513. The number of hydrogen-bond acceptors (Lipinski definition) is 3. The molecule has 0 saturated heterocycles. The van der Waals surface area contributed by atoms with Crippen LogP contribution in [0.3, 0.4) is 0 Å². The number of H-pyrrole nitrogens is 1. The Hall–Kier alpha value is -2.66. The molecule has 0 bridgehead atoms. The average Bonchev–Trinajstić information content (AvgIpc) is 3.32. The van der Waals surface area contributed by atoms with Crippen molar-refractivity contribution in [3.63, 3.8) is 0 Å². The summed E-state index contributed by atoms with van der Waals surface area (Å²) in [6.07, 6.45) is 1.99. The van der Waals surface area contributed by atoms with Crippen LogP contribution in [0.4, 0.5) is 0 Å². The molecule has 0 unspecified atom stereocenters. The normalized spacial score (nSPS) is 12.1. The predicted molar refractivity (Wildman–Crippen MR) is 119 cm³/mol. The van der Waals surface area contributed by atoms with Crippen LogP contribution in [-0.2, 0) is 0 Å². The van der Waals surface area contributed by atoms with E-state index in [1.807, 2.05) is 60.7 Å². The summed E-state index contributed by atoms with van der Waals surface area (Å²) in [7, 11) is 0. The number of aromatic amines is 1. The Morgan fingerprint density at radius 2 is 1.64 bits per heavy atom. The first-order valence-corrected chi connectivity index (χ1v) is 10.2. The van der Waals surface area contributed by atoms with E-state index in [4.69, 9.17) is 33.2 Å². The summed E-state index contributed by atoms with van der Waals surface area (Å²) in [5.41, 5.74) is 4.54. The number of halogens is 2. The van der Waals surface area contributed by atoms with Crippen LogP contribution >= 0.6 is 34.5 Å². The van der Waals surface area contributed by atoms with Gasteiger partial charge in [0.15, 0.2) is 0 Å². The van der Waals surface area contributed by atoms with Crippen molar-refractivity contribution in [2.24, 2.45) is 0 Å². The molecule has 0 radical (unpaired) electrons. The zero-order valence-corrected chi connectivity index (χ0v) is 16.8. The highest BCUT2D eigenvalue weighted by atomic mass is 35.5. The Balaban J connectivity index is 1.76. The van der Waals surface area contributed by atoms with Crippen LogP contribution < -0.4 is 0 Å². The molecule has 3 aromatic carbocycles. The highest BCUT2D eigenvalue weighted by molar-refractivity contribution is 7.19. The summed E-state index contributed by atoms with van der Waals surface area (Å²) in [6, 6.07) is 21.6. The summed E-state index contributed by atoms with van der Waals surface area (Å²) in [5, 5.41) is 1.90. The van der Waals surface area contributed by atoms with Crippen molar-refractivity contribution in [2.75, 3.05) is 0 Å². The topological polar surface area (TPSA) is 41.6 Å². The number of nitrogens with zero attached hydrogens (tertiary/aromatic N) is 2. The number of benzene rings is 3. The minimum Gasteiger partial charge on any atom is -0.338 e. The maximum atomic E-state index is 6.45. The van der Waals surface area contributed by atoms with Crippen LogP contribution in [-0.4, -0.2) is 15.0 Å². The van der Waals surface area contributed by atoms with Gasteiger partial charge in [0.25, 0.3) is 0 Å². The van der Waals surface area contributed by atoms with Crippen LogP contribution in [0.2, 0.25) is 10.0 Å². The molecule has 0 aliphatic carbocycles. The van der Waals surface area contributed by atoms with Crippen molar-refractivity contribution in [3.05, 3.63) is 93.2 Å². The fourth-order valence-electron chi connectivity index (χ4n) is 3.09. The zero-order chi connectivity index (χ0) is 19.1. The van der Waals surface area contributed by atoms with E-state index < -0.39 is 0 Å². The van der Waals surface area contributed by atoms with E-state index in [1.165, 1.54) is 0 Å². The van der Waals surface area contributed by atoms with E-state index in [9.17, 15) is 0 Å². The maximum Gasteiger partial charge on any atom is 0.141 e. The molecular weight excluding hydrogens is 409 g/mol. The first-order chi connectivity index (χ1) is 13.7. The lowest BCUT2D eigenvalue weighted by molar-refractivity contribution is 1.25. The second kappa shape index (κ2) is 7.06. The Kier molecular flexibility index (Phi) is 4.40. The van der Waals surface area contributed by atoms with Gasteiger partial charge in [-0.05, 0) is 42.0 Å². The van der Waals surface area contributed by atoms with Crippen LogP contribution in [0.15, 0.2) is 66.7 Å². The van der Waals surface area contributed by atoms with Gasteiger partial charge in [0, 0.05) is 0 Å². The molecule has 5 aromatic rings. The number of imidazole rings is 1. The van der Waals surface area contributed by atoms with Crippen LogP contribution in [0, 0.1) is 0 Å². The van der Waals surface area contributed by atoms with Gasteiger partial charge in [0.05, 0.1) is 36.9 Å². The quantitative estimate of drug-likeness (QED) is 0.338. The van der Waals surface area contributed by atoms with Gasteiger partial charge in [-0.3, -0.25) is 0 Å². The van der Waals surface area contributed by atoms with Gasteiger partial charge < -0.3 is 4.98 Å². The lowest BCUT2D eigenvalue weighted by Crippen LogP contribution is -1.91. The van der Waals surface area contributed by atoms with Gasteiger partial charge in [-0.25, -0.2) is 9.97 Å². The first-order valence-electron chi connectivity index (χ1n) is 8.66. The van der Waals surface area contributed by atoms with Crippen molar-refractivity contribution >= 4 is 67.4 Å². The largest absolute Gasteiger partial charge is 0.338 e. The van der Waals surface area contributed by atoms with E-state index >= 15 is 0 Å². The Morgan fingerprint density at radius 3 is 2.46 bits per heavy atom. The van der Waals surface area contributed by atoms with Crippen molar-refractivity contribution in [2.45, 2.75) is 0 Å². The van der Waals surface area contributed by atoms with E-state index in [2.05, 4.69) is 11.1 Å². The molecule has 28 heavy (non-hydrogen) atoms. The van der Waals surface area contributed by atoms with Gasteiger partial charge in [0.2, 0.25) is 0 Å². The third kappa shape index (κ3) is 3.10. The summed E-state index contributed by atoms with van der Waals surface area (Å²) in [6.45, 7) is 0. The van der Waals surface area contributed by atoms with Gasteiger partial charge in [-0.1, -0.05) is 59.6 Å².